The van der Waals surface area contributed by atoms with E-state index in [0.717, 1.165) is 18.7 Å². The molecule has 1 unspecified atom stereocenters. The SMILES string of the molecule is CCc1ccc(C(=O)N2CCOC(CNC)C2)o1. The summed E-state index contributed by atoms with van der Waals surface area (Å²) in [5.41, 5.74) is 0. The van der Waals surface area contributed by atoms with Gasteiger partial charge < -0.3 is 19.4 Å². The van der Waals surface area contributed by atoms with E-state index < -0.39 is 0 Å². The Morgan fingerprint density at radius 3 is 3.06 bits per heavy atom. The number of hydrogen-bond acceptors (Lipinski definition) is 4. The Morgan fingerprint density at radius 2 is 2.39 bits per heavy atom. The molecule has 0 aliphatic carbocycles. The van der Waals surface area contributed by atoms with Crippen LogP contribution in [0.2, 0.25) is 0 Å². The second kappa shape index (κ2) is 6.02. The maximum absolute atomic E-state index is 12.2. The number of carbonyl (C=O) groups excluding carboxylic acids is 1. The number of furan rings is 1. The van der Waals surface area contributed by atoms with Gasteiger partial charge in [0.1, 0.15) is 5.76 Å². The molecular formula is C13H20N2O3. The second-order valence-corrected chi connectivity index (χ2v) is 4.42. The molecule has 100 valence electrons. The molecule has 18 heavy (non-hydrogen) atoms. The molecule has 1 aromatic heterocycles. The number of nitrogens with zero attached hydrogens (tertiary/aromatic N) is 1. The summed E-state index contributed by atoms with van der Waals surface area (Å²) in [6.45, 7) is 4.58. The lowest BCUT2D eigenvalue weighted by atomic mass is 10.2. The van der Waals surface area contributed by atoms with Gasteiger partial charge in [0.2, 0.25) is 0 Å². The number of carbonyl (C=O) groups is 1. The first-order valence-electron chi connectivity index (χ1n) is 6.38. The Hall–Kier alpha value is -1.33. The molecule has 1 amide bonds. The van der Waals surface area contributed by atoms with Crippen LogP contribution < -0.4 is 5.32 Å². The summed E-state index contributed by atoms with van der Waals surface area (Å²) in [5.74, 6) is 1.23. The normalized spacial score (nSPS) is 20.1. The van der Waals surface area contributed by atoms with Crippen LogP contribution in [0, 0.1) is 0 Å². The van der Waals surface area contributed by atoms with Crippen molar-refractivity contribution in [1.29, 1.82) is 0 Å². The average Bonchev–Trinajstić information content (AvgIpc) is 2.87. The van der Waals surface area contributed by atoms with E-state index in [-0.39, 0.29) is 12.0 Å². The van der Waals surface area contributed by atoms with Crippen LogP contribution in [0.1, 0.15) is 23.2 Å². The molecule has 2 rings (SSSR count). The molecule has 0 saturated carbocycles. The largest absolute Gasteiger partial charge is 0.456 e. The number of rotatable bonds is 4. The Morgan fingerprint density at radius 1 is 1.56 bits per heavy atom. The van der Waals surface area contributed by atoms with Crippen molar-refractivity contribution in [2.24, 2.45) is 0 Å². The van der Waals surface area contributed by atoms with Crippen LogP contribution in [0.25, 0.3) is 0 Å². The van der Waals surface area contributed by atoms with Gasteiger partial charge in [-0.15, -0.1) is 0 Å². The van der Waals surface area contributed by atoms with E-state index in [0.29, 0.717) is 25.5 Å². The van der Waals surface area contributed by atoms with Gasteiger partial charge in [0, 0.05) is 26.1 Å². The van der Waals surface area contributed by atoms with Gasteiger partial charge in [-0.1, -0.05) is 6.92 Å². The molecule has 1 aromatic rings. The van der Waals surface area contributed by atoms with E-state index >= 15 is 0 Å². The van der Waals surface area contributed by atoms with Crippen molar-refractivity contribution in [3.8, 4) is 0 Å². The van der Waals surface area contributed by atoms with E-state index in [1.807, 2.05) is 20.0 Å². The topological polar surface area (TPSA) is 54.7 Å². The highest BCUT2D eigenvalue weighted by atomic mass is 16.5. The van der Waals surface area contributed by atoms with Gasteiger partial charge >= 0.3 is 0 Å². The molecule has 5 heteroatoms. The first-order chi connectivity index (χ1) is 8.74. The van der Waals surface area contributed by atoms with Crippen LogP contribution in [0.15, 0.2) is 16.5 Å². The molecule has 0 spiro atoms. The van der Waals surface area contributed by atoms with Gasteiger partial charge in [0.05, 0.1) is 12.7 Å². The molecule has 1 fully saturated rings. The van der Waals surface area contributed by atoms with Crippen LogP contribution in [-0.2, 0) is 11.2 Å². The van der Waals surface area contributed by atoms with Gasteiger partial charge in [0.15, 0.2) is 5.76 Å². The standard InChI is InChI=1S/C13H20N2O3/c1-3-10-4-5-12(18-10)13(16)15-6-7-17-11(9-15)8-14-2/h4-5,11,14H,3,6-9H2,1-2H3. The number of amides is 1. The second-order valence-electron chi connectivity index (χ2n) is 4.42. The van der Waals surface area contributed by atoms with E-state index in [1.165, 1.54) is 0 Å². The number of likely N-dealkylation sites (N-methyl/N-ethyl adjacent to an activating group) is 1. The third kappa shape index (κ3) is 2.91. The summed E-state index contributed by atoms with van der Waals surface area (Å²) in [6.07, 6.45) is 0.868. The quantitative estimate of drug-likeness (QED) is 0.865. The Balaban J connectivity index is 1.99. The predicted molar refractivity (Wildman–Crippen MR) is 67.7 cm³/mol. The fraction of sp³-hybridized carbons (Fsp3) is 0.615. The lowest BCUT2D eigenvalue weighted by molar-refractivity contribution is -0.0206. The van der Waals surface area contributed by atoms with Crippen molar-refractivity contribution in [1.82, 2.24) is 10.2 Å². The van der Waals surface area contributed by atoms with Crippen molar-refractivity contribution < 1.29 is 13.9 Å². The van der Waals surface area contributed by atoms with Gasteiger partial charge in [0.25, 0.3) is 5.91 Å². The third-order valence-electron chi connectivity index (χ3n) is 3.08. The van der Waals surface area contributed by atoms with Crippen molar-refractivity contribution in [3.63, 3.8) is 0 Å². The Bertz CT molecular complexity index is 401. The average molecular weight is 252 g/mol. The third-order valence-corrected chi connectivity index (χ3v) is 3.08. The van der Waals surface area contributed by atoms with Crippen molar-refractivity contribution in [2.45, 2.75) is 19.4 Å². The van der Waals surface area contributed by atoms with Crippen LogP contribution in [0.5, 0.6) is 0 Å². The van der Waals surface area contributed by atoms with Crippen LogP contribution in [-0.4, -0.2) is 50.2 Å². The maximum Gasteiger partial charge on any atom is 0.289 e. The van der Waals surface area contributed by atoms with Crippen LogP contribution >= 0.6 is 0 Å². The molecule has 0 bridgehead atoms. The highest BCUT2D eigenvalue weighted by molar-refractivity contribution is 5.91. The molecule has 1 aliphatic rings. The van der Waals surface area contributed by atoms with Crippen molar-refractivity contribution in [3.05, 3.63) is 23.7 Å². The van der Waals surface area contributed by atoms with Gasteiger partial charge in [-0.2, -0.15) is 0 Å². The lowest BCUT2D eigenvalue weighted by Crippen LogP contribution is -2.48. The predicted octanol–water partition coefficient (Wildman–Crippen LogP) is 0.902. The fourth-order valence-electron chi connectivity index (χ4n) is 2.09. The first-order valence-corrected chi connectivity index (χ1v) is 6.38. The monoisotopic (exact) mass is 252 g/mol. The van der Waals surface area contributed by atoms with Crippen molar-refractivity contribution in [2.75, 3.05) is 33.3 Å². The molecule has 0 aromatic carbocycles. The number of nitrogens with one attached hydrogen (secondary N) is 1. The zero-order chi connectivity index (χ0) is 13.0. The van der Waals surface area contributed by atoms with Gasteiger partial charge in [-0.25, -0.2) is 0 Å². The summed E-state index contributed by atoms with van der Waals surface area (Å²) in [5, 5.41) is 3.06. The molecule has 2 heterocycles. The van der Waals surface area contributed by atoms with Crippen molar-refractivity contribution >= 4 is 5.91 Å². The number of ether oxygens (including phenoxy) is 1. The number of aryl methyl sites for hydroxylation is 1. The van der Waals surface area contributed by atoms with Crippen LogP contribution in [0.4, 0.5) is 0 Å². The van der Waals surface area contributed by atoms with Gasteiger partial charge in [-0.3, -0.25) is 4.79 Å². The summed E-state index contributed by atoms with van der Waals surface area (Å²) < 4.78 is 11.1. The van der Waals surface area contributed by atoms with Crippen LogP contribution in [0.3, 0.4) is 0 Å². The van der Waals surface area contributed by atoms with E-state index in [2.05, 4.69) is 5.32 Å². The molecule has 1 aliphatic heterocycles. The zero-order valence-corrected chi connectivity index (χ0v) is 10.9. The first kappa shape index (κ1) is 13.1. The molecule has 1 saturated heterocycles. The summed E-state index contributed by atoms with van der Waals surface area (Å²) in [7, 11) is 1.88. The molecule has 1 N–H and O–H groups in total. The molecule has 1 atom stereocenters. The summed E-state index contributed by atoms with van der Waals surface area (Å²) in [6, 6.07) is 3.61. The molecular weight excluding hydrogens is 232 g/mol. The summed E-state index contributed by atoms with van der Waals surface area (Å²) >= 11 is 0. The minimum Gasteiger partial charge on any atom is -0.456 e. The van der Waals surface area contributed by atoms with E-state index in [4.69, 9.17) is 9.15 Å². The smallest absolute Gasteiger partial charge is 0.289 e. The maximum atomic E-state index is 12.2. The van der Waals surface area contributed by atoms with E-state index in [1.54, 1.807) is 11.0 Å². The zero-order valence-electron chi connectivity index (χ0n) is 10.9. The Kier molecular flexibility index (Phi) is 4.38. The fourth-order valence-corrected chi connectivity index (χ4v) is 2.09. The number of morpholine rings is 1. The van der Waals surface area contributed by atoms with E-state index in [9.17, 15) is 4.79 Å². The highest BCUT2D eigenvalue weighted by Gasteiger charge is 2.26. The Labute approximate surface area is 107 Å². The minimum atomic E-state index is -0.0425. The summed E-state index contributed by atoms with van der Waals surface area (Å²) in [4.78, 5) is 14.0. The minimum absolute atomic E-state index is 0.0425. The van der Waals surface area contributed by atoms with Gasteiger partial charge in [-0.05, 0) is 19.2 Å². The lowest BCUT2D eigenvalue weighted by Gasteiger charge is -2.32. The highest BCUT2D eigenvalue weighted by Crippen LogP contribution is 2.14. The molecule has 5 nitrogen and oxygen atoms in total. The molecule has 0 radical (unpaired) electrons. The number of hydrogen-bond donors (Lipinski definition) is 1.